The zero-order valence-electron chi connectivity index (χ0n) is 67.2. The lowest BCUT2D eigenvalue weighted by atomic mass is 10.0. The fourth-order valence-corrected chi connectivity index (χ4v) is 13.8. The van der Waals surface area contributed by atoms with E-state index < -0.39 is 26.5 Å². The van der Waals surface area contributed by atoms with Gasteiger partial charge >= 0.3 is 11.9 Å². The largest absolute Gasteiger partial charge is 0.756 e. The molecule has 0 fully saturated rings. The van der Waals surface area contributed by atoms with Gasteiger partial charge in [-0.05, 0) is 83.5 Å². The Balaban J connectivity index is 3.86. The number of esters is 2. The minimum atomic E-state index is -4.65. The Bertz CT molecular complexity index is 1920. The third kappa shape index (κ3) is 84.4. The number of ether oxygens (including phenoxy) is 2. The average molecular weight is 1420 g/mol. The van der Waals surface area contributed by atoms with E-state index in [0.29, 0.717) is 17.4 Å². The van der Waals surface area contributed by atoms with E-state index in [1.807, 2.05) is 21.1 Å². The fourth-order valence-electron chi connectivity index (χ4n) is 13.1. The van der Waals surface area contributed by atoms with E-state index in [9.17, 15) is 19.0 Å². The zero-order chi connectivity index (χ0) is 72.5. The van der Waals surface area contributed by atoms with Crippen LogP contribution in [0.4, 0.5) is 0 Å². The van der Waals surface area contributed by atoms with E-state index >= 15 is 0 Å². The number of carbonyl (C=O) groups excluding carboxylic acids is 2. The summed E-state index contributed by atoms with van der Waals surface area (Å²) in [5.41, 5.74) is 0. The maximum atomic E-state index is 12.9. The molecule has 2 atom stereocenters. The molecule has 0 bridgehead atoms. The Morgan fingerprint density at radius 1 is 0.320 bits per heavy atom. The van der Waals surface area contributed by atoms with E-state index in [-0.39, 0.29) is 32.0 Å². The van der Waals surface area contributed by atoms with Crippen molar-refractivity contribution in [2.75, 3.05) is 47.5 Å². The van der Waals surface area contributed by atoms with Crippen molar-refractivity contribution < 1.29 is 42.1 Å². The van der Waals surface area contributed by atoms with Gasteiger partial charge in [-0.2, -0.15) is 0 Å². The first kappa shape index (κ1) is 97.4. The highest BCUT2D eigenvalue weighted by atomic mass is 31.2. The topological polar surface area (TPSA) is 111 Å². The molecule has 0 N–H and O–H groups in total. The Kier molecular flexibility index (Phi) is 78.5. The van der Waals surface area contributed by atoms with Crippen molar-refractivity contribution >= 4 is 19.8 Å². The summed E-state index contributed by atoms with van der Waals surface area (Å²) in [6.45, 7) is 4.19. The molecular formula is C90H168NO8P. The van der Waals surface area contributed by atoms with E-state index in [1.54, 1.807) is 0 Å². The molecule has 0 saturated carbocycles. The molecule has 10 heteroatoms. The lowest BCUT2D eigenvalue weighted by Crippen LogP contribution is -2.37. The Hall–Kier alpha value is -2.55. The van der Waals surface area contributed by atoms with Gasteiger partial charge < -0.3 is 27.9 Å². The van der Waals surface area contributed by atoms with Crippen LogP contribution in [0.15, 0.2) is 72.9 Å². The third-order valence-corrected chi connectivity index (χ3v) is 20.7. The van der Waals surface area contributed by atoms with Gasteiger partial charge in [0.15, 0.2) is 6.10 Å². The predicted molar refractivity (Wildman–Crippen MR) is 434 cm³/mol. The summed E-state index contributed by atoms with van der Waals surface area (Å²) in [4.78, 5) is 38.2. The predicted octanol–water partition coefficient (Wildman–Crippen LogP) is 28.8. The van der Waals surface area contributed by atoms with Gasteiger partial charge in [0.05, 0.1) is 27.7 Å². The van der Waals surface area contributed by atoms with Crippen molar-refractivity contribution in [3.05, 3.63) is 72.9 Å². The molecule has 9 nitrogen and oxygen atoms in total. The van der Waals surface area contributed by atoms with Crippen molar-refractivity contribution in [1.82, 2.24) is 0 Å². The number of hydrogen-bond acceptors (Lipinski definition) is 8. The number of phosphoric acid groups is 1. The third-order valence-electron chi connectivity index (χ3n) is 19.7. The SMILES string of the molecule is CC/C=C\C/C=C\C/C=C\C/C=C\CCCCCCCCCCCCCCCCCCCCCCCCCCC(=O)OC(COC(=O)CCCCCCCCCCCCCCCCCCCCCCCCCCCCC/C=C\C/C=C\CCCCCCC)COP(=O)([O-])OCC[N+](C)(C)C. The number of hydrogen-bond donors (Lipinski definition) is 0. The standard InChI is InChI=1S/C90H168NO8P/c1-6-8-10-12-14-16-18-20-22-24-26-28-30-32-34-36-38-40-42-44-45-47-48-50-52-54-56-58-60-62-64-66-68-70-72-74-76-78-80-82-89(92)96-86-88(87-98-100(94,95)97-85-84-91(3,4)5)99-90(93)83-81-79-77-75-73-71-69-67-65-63-61-59-57-55-53-51-49-46-43-41-39-37-35-33-31-29-27-25-23-21-19-17-15-13-11-9-7-2/h9,11,15,17-18,20-21,23-24,26-27,29,88H,6-8,10,12-14,16,19,22,25,28,30-87H2,1-5H3/b11-9-,17-15-,20-18-,23-21-,26-24-,29-27-. The summed E-state index contributed by atoms with van der Waals surface area (Å²) < 4.78 is 34.5. The van der Waals surface area contributed by atoms with Gasteiger partial charge in [-0.25, -0.2) is 0 Å². The smallest absolute Gasteiger partial charge is 0.306 e. The second-order valence-corrected chi connectivity index (χ2v) is 32.3. The molecule has 0 saturated heterocycles. The second kappa shape index (κ2) is 80.5. The summed E-state index contributed by atoms with van der Waals surface area (Å²) in [7, 11) is 1.19. The van der Waals surface area contributed by atoms with Crippen molar-refractivity contribution in [3.63, 3.8) is 0 Å². The molecule has 586 valence electrons. The molecule has 0 heterocycles. The zero-order valence-corrected chi connectivity index (χ0v) is 68.1. The number of nitrogens with zero attached hydrogens (tertiary/aromatic N) is 1. The van der Waals surface area contributed by atoms with Gasteiger partial charge in [-0.3, -0.25) is 14.2 Å². The van der Waals surface area contributed by atoms with E-state index in [2.05, 4.69) is 86.8 Å². The highest BCUT2D eigenvalue weighted by Gasteiger charge is 2.22. The molecule has 0 aliphatic carbocycles. The number of quaternary nitrogens is 1. The van der Waals surface area contributed by atoms with Crippen LogP contribution in [0.5, 0.6) is 0 Å². The van der Waals surface area contributed by atoms with Crippen molar-refractivity contribution in [3.8, 4) is 0 Å². The fraction of sp³-hybridized carbons (Fsp3) is 0.844. The Labute approximate surface area is 622 Å². The summed E-state index contributed by atoms with van der Waals surface area (Å²) in [5, 5.41) is 0. The normalized spacial score (nSPS) is 13.3. The number of rotatable bonds is 82. The highest BCUT2D eigenvalue weighted by Crippen LogP contribution is 2.38. The minimum Gasteiger partial charge on any atom is -0.756 e. The summed E-state index contributed by atoms with van der Waals surface area (Å²) in [5.74, 6) is -0.807. The van der Waals surface area contributed by atoms with Crippen LogP contribution in [-0.4, -0.2) is 70.0 Å². The molecule has 0 spiro atoms. The molecule has 0 aromatic rings. The molecule has 0 radical (unpaired) electrons. The van der Waals surface area contributed by atoms with Crippen LogP contribution >= 0.6 is 7.82 Å². The first-order chi connectivity index (χ1) is 49.0. The lowest BCUT2D eigenvalue weighted by Gasteiger charge is -2.28. The first-order valence-electron chi connectivity index (χ1n) is 43.6. The van der Waals surface area contributed by atoms with Gasteiger partial charge in [0.2, 0.25) is 0 Å². The highest BCUT2D eigenvalue weighted by molar-refractivity contribution is 7.45. The van der Waals surface area contributed by atoms with E-state index in [4.69, 9.17) is 18.5 Å². The van der Waals surface area contributed by atoms with Crippen LogP contribution in [0.3, 0.4) is 0 Å². The summed E-state index contributed by atoms with van der Waals surface area (Å²) in [6.07, 6.45) is 111. The second-order valence-electron chi connectivity index (χ2n) is 30.9. The first-order valence-corrected chi connectivity index (χ1v) is 45.1. The molecule has 0 rings (SSSR count). The van der Waals surface area contributed by atoms with Gasteiger partial charge in [0.25, 0.3) is 7.82 Å². The van der Waals surface area contributed by atoms with Crippen molar-refractivity contribution in [2.45, 2.75) is 444 Å². The quantitative estimate of drug-likeness (QED) is 0.0195. The molecule has 100 heavy (non-hydrogen) atoms. The van der Waals surface area contributed by atoms with Crippen LogP contribution in [-0.2, 0) is 32.7 Å². The molecule has 0 aromatic heterocycles. The Morgan fingerprint density at radius 3 is 0.850 bits per heavy atom. The lowest BCUT2D eigenvalue weighted by molar-refractivity contribution is -0.870. The molecule has 0 amide bonds. The van der Waals surface area contributed by atoms with Crippen molar-refractivity contribution in [2.24, 2.45) is 0 Å². The number of likely N-dealkylation sites (N-methyl/N-ethyl adjacent to an activating group) is 1. The number of carbonyl (C=O) groups is 2. The molecule has 0 aliphatic rings. The van der Waals surface area contributed by atoms with Gasteiger partial charge in [0.1, 0.15) is 19.8 Å². The van der Waals surface area contributed by atoms with Crippen LogP contribution in [0.1, 0.15) is 438 Å². The molecule has 0 aromatic carbocycles. The Morgan fingerprint density at radius 2 is 0.570 bits per heavy atom. The summed E-state index contributed by atoms with van der Waals surface area (Å²) in [6, 6.07) is 0. The maximum absolute atomic E-state index is 12.9. The average Bonchev–Trinajstić information content (AvgIpc) is 1.02. The molecular weight excluding hydrogens is 1250 g/mol. The van der Waals surface area contributed by atoms with Crippen LogP contribution in [0.25, 0.3) is 0 Å². The van der Waals surface area contributed by atoms with Gasteiger partial charge in [0, 0.05) is 12.8 Å². The molecule has 2 unspecified atom stereocenters. The van der Waals surface area contributed by atoms with Crippen LogP contribution in [0.2, 0.25) is 0 Å². The van der Waals surface area contributed by atoms with E-state index in [1.165, 1.54) is 340 Å². The minimum absolute atomic E-state index is 0.0283. The number of phosphoric ester groups is 1. The van der Waals surface area contributed by atoms with Gasteiger partial charge in [-0.1, -0.05) is 414 Å². The van der Waals surface area contributed by atoms with Crippen LogP contribution < -0.4 is 4.89 Å². The number of allylic oxidation sites excluding steroid dienone is 12. The molecule has 0 aliphatic heterocycles. The maximum Gasteiger partial charge on any atom is 0.306 e. The van der Waals surface area contributed by atoms with E-state index in [0.717, 1.165) is 64.2 Å². The number of unbranched alkanes of at least 4 members (excludes halogenated alkanes) is 56. The van der Waals surface area contributed by atoms with Crippen molar-refractivity contribution in [1.29, 1.82) is 0 Å². The monoisotopic (exact) mass is 1420 g/mol. The summed E-state index contributed by atoms with van der Waals surface area (Å²) >= 11 is 0. The van der Waals surface area contributed by atoms with Crippen LogP contribution in [0, 0.1) is 0 Å². The van der Waals surface area contributed by atoms with Gasteiger partial charge in [-0.15, -0.1) is 0 Å².